The first-order valence-corrected chi connectivity index (χ1v) is 9.34. The molecule has 1 heterocycles. The average molecular weight is 381 g/mol. The molecule has 8 heteroatoms. The van der Waals surface area contributed by atoms with E-state index in [1.165, 1.54) is 0 Å². The van der Waals surface area contributed by atoms with Crippen molar-refractivity contribution in [2.45, 2.75) is 32.3 Å². The summed E-state index contributed by atoms with van der Waals surface area (Å²) in [7, 11) is -1.66. The predicted molar refractivity (Wildman–Crippen MR) is 108 cm³/mol. The molecule has 2 aromatic carbocycles. The smallest absolute Gasteiger partial charge is 0.475 e. The number of amides is 1. The summed E-state index contributed by atoms with van der Waals surface area (Å²) in [5.74, 6) is -0.342. The van der Waals surface area contributed by atoms with Gasteiger partial charge in [0.2, 0.25) is 5.91 Å². The minimum Gasteiger partial charge on any atom is -0.494 e. The lowest BCUT2D eigenvalue weighted by Gasteiger charge is -2.18. The summed E-state index contributed by atoms with van der Waals surface area (Å²) in [6, 6.07) is 15.1. The molecule has 3 rings (SSSR count). The van der Waals surface area contributed by atoms with Crippen LogP contribution < -0.4 is 10.1 Å². The highest BCUT2D eigenvalue weighted by Crippen LogP contribution is 2.15. The molecule has 1 atom stereocenters. The van der Waals surface area contributed by atoms with Gasteiger partial charge < -0.3 is 24.7 Å². The first-order valence-electron chi connectivity index (χ1n) is 9.34. The van der Waals surface area contributed by atoms with Crippen molar-refractivity contribution >= 4 is 24.1 Å². The monoisotopic (exact) mass is 381 g/mol. The molecule has 0 saturated carbocycles. The fourth-order valence-electron chi connectivity index (χ4n) is 3.10. The summed E-state index contributed by atoms with van der Waals surface area (Å²) in [5.41, 5.74) is 2.69. The normalized spacial score (nSPS) is 12.0. The number of hydrogen-bond donors (Lipinski definition) is 3. The number of carbonyl (C=O) groups excluding carboxylic acids is 1. The van der Waals surface area contributed by atoms with Crippen LogP contribution in [0.2, 0.25) is 0 Å². The van der Waals surface area contributed by atoms with Crippen LogP contribution in [-0.2, 0) is 17.8 Å². The van der Waals surface area contributed by atoms with E-state index in [1.54, 1.807) is 6.33 Å². The highest BCUT2D eigenvalue weighted by molar-refractivity contribution is 6.43. The van der Waals surface area contributed by atoms with Crippen LogP contribution in [0.4, 0.5) is 0 Å². The lowest BCUT2D eigenvalue weighted by molar-refractivity contribution is -0.121. The number of aromatic nitrogens is 2. The summed E-state index contributed by atoms with van der Waals surface area (Å²) in [6.45, 7) is 2.91. The molecule has 0 spiro atoms. The average Bonchev–Trinajstić information content (AvgIpc) is 3.09. The number of hydrogen-bond acceptors (Lipinski definition) is 5. The number of nitrogens with zero attached hydrogens (tertiary/aromatic N) is 2. The standard InChI is InChI=1S/C20H24BN3O4/c1-2-28-16-7-5-6-15(12-16)13-19(21(26)27)23-20(25)10-11-24-14-22-17-8-3-4-9-18(17)24/h3-9,12,14,19,26-27H,2,10-11,13H2,1H3,(H,23,25). The zero-order valence-electron chi connectivity index (χ0n) is 15.8. The van der Waals surface area contributed by atoms with Gasteiger partial charge in [0.25, 0.3) is 0 Å². The molecule has 1 unspecified atom stereocenters. The Labute approximate surface area is 164 Å². The molecule has 146 valence electrons. The molecular formula is C20H24BN3O4. The molecule has 3 aromatic rings. The van der Waals surface area contributed by atoms with E-state index < -0.39 is 13.1 Å². The molecule has 0 aliphatic rings. The summed E-state index contributed by atoms with van der Waals surface area (Å²) in [4.78, 5) is 16.7. The summed E-state index contributed by atoms with van der Waals surface area (Å²) >= 11 is 0. The SMILES string of the molecule is CCOc1cccc(CC(NC(=O)CCn2cnc3ccccc32)B(O)O)c1. The van der Waals surface area contributed by atoms with Gasteiger partial charge in [-0.3, -0.25) is 4.79 Å². The van der Waals surface area contributed by atoms with Gasteiger partial charge in [0.1, 0.15) is 5.75 Å². The number of aryl methyl sites for hydroxylation is 1. The molecule has 3 N–H and O–H groups in total. The Morgan fingerprint density at radius 3 is 2.86 bits per heavy atom. The maximum absolute atomic E-state index is 12.4. The van der Waals surface area contributed by atoms with Crippen molar-refractivity contribution in [1.82, 2.24) is 14.9 Å². The third kappa shape index (κ3) is 5.12. The Kier molecular flexibility index (Phi) is 6.68. The van der Waals surface area contributed by atoms with Gasteiger partial charge in [0.05, 0.1) is 29.9 Å². The van der Waals surface area contributed by atoms with Gasteiger partial charge in [-0.05, 0) is 43.2 Å². The van der Waals surface area contributed by atoms with Gasteiger partial charge in [-0.1, -0.05) is 24.3 Å². The topological polar surface area (TPSA) is 96.6 Å². The number of benzene rings is 2. The van der Waals surface area contributed by atoms with Crippen LogP contribution >= 0.6 is 0 Å². The van der Waals surface area contributed by atoms with Gasteiger partial charge in [-0.25, -0.2) is 4.98 Å². The second-order valence-corrected chi connectivity index (χ2v) is 6.55. The molecule has 0 saturated heterocycles. The largest absolute Gasteiger partial charge is 0.494 e. The first kappa shape index (κ1) is 19.9. The van der Waals surface area contributed by atoms with E-state index in [1.807, 2.05) is 60.0 Å². The Morgan fingerprint density at radius 1 is 1.25 bits per heavy atom. The fourth-order valence-corrected chi connectivity index (χ4v) is 3.10. The van der Waals surface area contributed by atoms with Gasteiger partial charge >= 0.3 is 7.12 Å². The van der Waals surface area contributed by atoms with E-state index in [2.05, 4.69) is 10.3 Å². The van der Waals surface area contributed by atoms with Crippen molar-refractivity contribution in [3.8, 4) is 5.75 Å². The maximum atomic E-state index is 12.4. The van der Waals surface area contributed by atoms with Crippen molar-refractivity contribution in [1.29, 1.82) is 0 Å². The van der Waals surface area contributed by atoms with Crippen LogP contribution in [0.1, 0.15) is 18.9 Å². The van der Waals surface area contributed by atoms with E-state index in [0.717, 1.165) is 16.6 Å². The van der Waals surface area contributed by atoms with Gasteiger partial charge in [-0.15, -0.1) is 0 Å². The second-order valence-electron chi connectivity index (χ2n) is 6.55. The number of para-hydroxylation sites is 2. The highest BCUT2D eigenvalue weighted by Gasteiger charge is 2.25. The molecule has 28 heavy (non-hydrogen) atoms. The first-order chi connectivity index (χ1) is 13.6. The van der Waals surface area contributed by atoms with Crippen molar-refractivity contribution in [2.75, 3.05) is 6.61 Å². The van der Waals surface area contributed by atoms with E-state index in [-0.39, 0.29) is 12.3 Å². The number of rotatable bonds is 9. The van der Waals surface area contributed by atoms with Crippen molar-refractivity contribution in [3.05, 3.63) is 60.4 Å². The third-order valence-corrected chi connectivity index (χ3v) is 4.48. The highest BCUT2D eigenvalue weighted by atomic mass is 16.5. The minimum atomic E-state index is -1.66. The van der Waals surface area contributed by atoms with Crippen LogP contribution in [0.15, 0.2) is 54.9 Å². The summed E-state index contributed by atoms with van der Waals surface area (Å²) in [6.07, 6.45) is 2.20. The van der Waals surface area contributed by atoms with Crippen molar-refractivity contribution in [2.24, 2.45) is 0 Å². The minimum absolute atomic E-state index is 0.211. The van der Waals surface area contributed by atoms with Crippen molar-refractivity contribution in [3.63, 3.8) is 0 Å². The zero-order chi connectivity index (χ0) is 19.9. The van der Waals surface area contributed by atoms with E-state index in [4.69, 9.17) is 4.74 Å². The van der Waals surface area contributed by atoms with Crippen LogP contribution in [-0.4, -0.2) is 45.2 Å². The molecule has 0 radical (unpaired) electrons. The summed E-state index contributed by atoms with van der Waals surface area (Å²) < 4.78 is 7.37. The molecular weight excluding hydrogens is 357 g/mol. The quantitative estimate of drug-likeness (QED) is 0.489. The number of imidazole rings is 1. The Bertz CT molecular complexity index is 928. The summed E-state index contributed by atoms with van der Waals surface area (Å²) in [5, 5.41) is 22.1. The molecule has 0 fully saturated rings. The molecule has 0 aliphatic heterocycles. The number of fused-ring (bicyclic) bond motifs is 1. The van der Waals surface area contributed by atoms with E-state index in [0.29, 0.717) is 25.3 Å². The number of nitrogens with one attached hydrogen (secondary N) is 1. The second kappa shape index (κ2) is 9.39. The van der Waals surface area contributed by atoms with Crippen molar-refractivity contribution < 1.29 is 19.6 Å². The molecule has 0 aliphatic carbocycles. The lowest BCUT2D eigenvalue weighted by Crippen LogP contribution is -2.48. The molecule has 1 amide bonds. The Balaban J connectivity index is 1.59. The van der Waals surface area contributed by atoms with E-state index in [9.17, 15) is 14.8 Å². The van der Waals surface area contributed by atoms with Crippen LogP contribution in [0, 0.1) is 0 Å². The molecule has 1 aromatic heterocycles. The van der Waals surface area contributed by atoms with Gasteiger partial charge in [-0.2, -0.15) is 0 Å². The van der Waals surface area contributed by atoms with Crippen LogP contribution in [0.5, 0.6) is 5.75 Å². The molecule has 0 bridgehead atoms. The lowest BCUT2D eigenvalue weighted by atomic mass is 9.76. The maximum Gasteiger partial charge on any atom is 0.475 e. The number of carbonyl (C=O) groups is 1. The Hall–Kier alpha value is -2.84. The number of ether oxygens (including phenoxy) is 1. The molecule has 7 nitrogen and oxygen atoms in total. The third-order valence-electron chi connectivity index (χ3n) is 4.48. The zero-order valence-corrected chi connectivity index (χ0v) is 15.8. The van der Waals surface area contributed by atoms with Gasteiger partial charge in [0, 0.05) is 13.0 Å². The fraction of sp³-hybridized carbons (Fsp3) is 0.300. The van der Waals surface area contributed by atoms with Crippen LogP contribution in [0.25, 0.3) is 11.0 Å². The van der Waals surface area contributed by atoms with Gasteiger partial charge in [0.15, 0.2) is 0 Å². The Morgan fingerprint density at radius 2 is 2.07 bits per heavy atom. The van der Waals surface area contributed by atoms with Crippen LogP contribution in [0.3, 0.4) is 0 Å². The van der Waals surface area contributed by atoms with E-state index >= 15 is 0 Å². The predicted octanol–water partition coefficient (Wildman–Crippen LogP) is 1.56.